The number of benzene rings is 1. The van der Waals surface area contributed by atoms with Gasteiger partial charge in [-0.15, -0.1) is 0 Å². The lowest BCUT2D eigenvalue weighted by atomic mass is 10.1. The molecule has 1 aromatic rings. The number of nitro groups is 1. The number of primary amides is 2. The van der Waals surface area contributed by atoms with Crippen LogP contribution < -0.4 is 11.5 Å². The van der Waals surface area contributed by atoms with Crippen molar-refractivity contribution in [1.29, 1.82) is 0 Å². The zero-order valence-electron chi connectivity index (χ0n) is 9.17. The van der Waals surface area contributed by atoms with Gasteiger partial charge in [0.15, 0.2) is 0 Å². The quantitative estimate of drug-likeness (QED) is 0.439. The Hall–Kier alpha value is -2.88. The first-order chi connectivity index (χ1) is 8.40. The van der Waals surface area contributed by atoms with Gasteiger partial charge in [0.05, 0.1) is 11.3 Å². The van der Waals surface area contributed by atoms with E-state index < -0.39 is 16.7 Å². The van der Waals surface area contributed by atoms with E-state index >= 15 is 0 Å². The summed E-state index contributed by atoms with van der Waals surface area (Å²) < 4.78 is 0. The maximum Gasteiger partial charge on any atom is 0.271 e. The molecule has 92 valence electrons. The first-order valence-electron chi connectivity index (χ1n) is 4.76. The van der Waals surface area contributed by atoms with Gasteiger partial charge in [0.2, 0.25) is 11.8 Å². The molecule has 4 N–H and O–H groups in total. The maximum absolute atomic E-state index is 11.0. The second-order valence-electron chi connectivity index (χ2n) is 3.33. The van der Waals surface area contributed by atoms with Crippen LogP contribution >= 0.6 is 0 Å². The van der Waals surface area contributed by atoms with E-state index in [-0.39, 0.29) is 23.2 Å². The molecule has 0 spiro atoms. The Morgan fingerprint density at radius 2 is 1.94 bits per heavy atom. The molecular formula is C11H9N3O4. The van der Waals surface area contributed by atoms with E-state index in [0.29, 0.717) is 0 Å². The molecule has 0 saturated heterocycles. The average Bonchev–Trinajstić information content (AvgIpc) is 2.28. The lowest BCUT2D eigenvalue weighted by molar-refractivity contribution is -0.384. The number of carbonyl (C=O) groups excluding carboxylic acids is 2. The van der Waals surface area contributed by atoms with Crippen LogP contribution in [-0.2, 0) is 4.79 Å². The van der Waals surface area contributed by atoms with Gasteiger partial charge in [-0.3, -0.25) is 19.7 Å². The van der Waals surface area contributed by atoms with Crippen molar-refractivity contribution in [3.05, 3.63) is 39.4 Å². The monoisotopic (exact) mass is 247 g/mol. The first-order valence-corrected chi connectivity index (χ1v) is 4.76. The molecule has 0 aliphatic rings. The molecule has 1 aromatic carbocycles. The highest BCUT2D eigenvalue weighted by Crippen LogP contribution is 2.16. The highest BCUT2D eigenvalue weighted by Gasteiger charge is 2.11. The summed E-state index contributed by atoms with van der Waals surface area (Å²) >= 11 is 0. The van der Waals surface area contributed by atoms with Gasteiger partial charge in [-0.1, -0.05) is 11.8 Å². The minimum absolute atomic E-state index is 0.0208. The van der Waals surface area contributed by atoms with Crippen LogP contribution in [0.5, 0.6) is 0 Å². The van der Waals surface area contributed by atoms with Gasteiger partial charge in [0, 0.05) is 23.3 Å². The van der Waals surface area contributed by atoms with Crippen LogP contribution in [0.25, 0.3) is 0 Å². The highest BCUT2D eigenvalue weighted by molar-refractivity contribution is 5.93. The number of non-ortho nitro benzene ring substituents is 1. The van der Waals surface area contributed by atoms with E-state index in [0.717, 1.165) is 6.07 Å². The maximum atomic E-state index is 11.0. The number of amides is 2. The number of hydrogen-bond acceptors (Lipinski definition) is 4. The van der Waals surface area contributed by atoms with Crippen LogP contribution in [0.2, 0.25) is 0 Å². The van der Waals surface area contributed by atoms with Gasteiger partial charge in [-0.05, 0) is 6.07 Å². The molecule has 0 aromatic heterocycles. The Kier molecular flexibility index (Phi) is 3.99. The number of nitro benzene ring substituents is 1. The van der Waals surface area contributed by atoms with E-state index in [4.69, 9.17) is 11.5 Å². The summed E-state index contributed by atoms with van der Waals surface area (Å²) in [6, 6.07) is 3.55. The van der Waals surface area contributed by atoms with E-state index in [2.05, 4.69) is 11.8 Å². The first kappa shape index (κ1) is 13.2. The molecule has 7 nitrogen and oxygen atoms in total. The van der Waals surface area contributed by atoms with Crippen LogP contribution in [0.1, 0.15) is 22.3 Å². The largest absolute Gasteiger partial charge is 0.369 e. The standard InChI is InChI=1S/C11H9N3O4/c12-10(15)3-1-2-7-4-8(11(13)16)6-9(5-7)14(17)18/h4-6H,3H2,(H2,12,15)(H2,13,16). The molecule has 7 heteroatoms. The normalized spacial score (nSPS) is 9.11. The molecule has 0 heterocycles. The van der Waals surface area contributed by atoms with E-state index in [1.54, 1.807) is 0 Å². The summed E-state index contributed by atoms with van der Waals surface area (Å²) in [4.78, 5) is 31.4. The van der Waals surface area contributed by atoms with Gasteiger partial charge < -0.3 is 11.5 Å². The molecule has 0 radical (unpaired) electrons. The molecule has 2 amide bonds. The van der Waals surface area contributed by atoms with Crippen molar-refractivity contribution < 1.29 is 14.5 Å². The van der Waals surface area contributed by atoms with Gasteiger partial charge in [0.1, 0.15) is 0 Å². The van der Waals surface area contributed by atoms with Crippen molar-refractivity contribution in [2.45, 2.75) is 6.42 Å². The van der Waals surface area contributed by atoms with Gasteiger partial charge in [0.25, 0.3) is 5.69 Å². The molecule has 0 fully saturated rings. The Labute approximate surface area is 102 Å². The van der Waals surface area contributed by atoms with E-state index in [1.165, 1.54) is 12.1 Å². The Balaban J connectivity index is 3.17. The molecule has 0 atom stereocenters. The number of nitrogens with two attached hydrogens (primary N) is 2. The Bertz CT molecular complexity index is 551. The lowest BCUT2D eigenvalue weighted by Gasteiger charge is -1.98. The van der Waals surface area contributed by atoms with Gasteiger partial charge >= 0.3 is 0 Å². The van der Waals surface area contributed by atoms with Crippen LogP contribution in [-0.4, -0.2) is 16.7 Å². The summed E-state index contributed by atoms with van der Waals surface area (Å²) in [6.07, 6.45) is -0.172. The van der Waals surface area contributed by atoms with E-state index in [9.17, 15) is 19.7 Å². The van der Waals surface area contributed by atoms with Crippen molar-refractivity contribution in [1.82, 2.24) is 0 Å². The van der Waals surface area contributed by atoms with Gasteiger partial charge in [-0.2, -0.15) is 0 Å². The zero-order chi connectivity index (χ0) is 13.7. The summed E-state index contributed by atoms with van der Waals surface area (Å²) in [5.74, 6) is 3.53. The predicted octanol–water partition coefficient (Wildman–Crippen LogP) is -0.0794. The average molecular weight is 247 g/mol. The molecule has 1 rings (SSSR count). The fraction of sp³-hybridized carbons (Fsp3) is 0.0909. The predicted molar refractivity (Wildman–Crippen MR) is 62.3 cm³/mol. The third-order valence-corrected chi connectivity index (χ3v) is 1.91. The number of rotatable bonds is 3. The Morgan fingerprint density at radius 3 is 2.44 bits per heavy atom. The Morgan fingerprint density at radius 1 is 1.28 bits per heavy atom. The molecular weight excluding hydrogens is 238 g/mol. The minimum Gasteiger partial charge on any atom is -0.369 e. The third-order valence-electron chi connectivity index (χ3n) is 1.91. The smallest absolute Gasteiger partial charge is 0.271 e. The zero-order valence-corrected chi connectivity index (χ0v) is 9.17. The third kappa shape index (κ3) is 3.61. The molecule has 18 heavy (non-hydrogen) atoms. The number of hydrogen-bond donors (Lipinski definition) is 2. The summed E-state index contributed by atoms with van der Waals surface area (Å²) in [6.45, 7) is 0. The van der Waals surface area contributed by atoms with Crippen molar-refractivity contribution in [3.63, 3.8) is 0 Å². The van der Waals surface area contributed by atoms with Crippen molar-refractivity contribution in [2.24, 2.45) is 11.5 Å². The lowest BCUT2D eigenvalue weighted by Crippen LogP contribution is -2.11. The molecule has 0 aliphatic carbocycles. The molecule has 0 bridgehead atoms. The SMILES string of the molecule is NC(=O)CC#Cc1cc(C(N)=O)cc([N+](=O)[O-])c1. The molecule has 0 aliphatic heterocycles. The summed E-state index contributed by atoms with van der Waals surface area (Å²) in [7, 11) is 0. The molecule has 0 saturated carbocycles. The fourth-order valence-corrected chi connectivity index (χ4v) is 1.16. The number of nitrogens with zero attached hydrogens (tertiary/aromatic N) is 1. The van der Waals surface area contributed by atoms with Gasteiger partial charge in [-0.25, -0.2) is 0 Å². The topological polar surface area (TPSA) is 129 Å². The van der Waals surface area contributed by atoms with Crippen LogP contribution in [0, 0.1) is 22.0 Å². The number of carbonyl (C=O) groups is 2. The van der Waals surface area contributed by atoms with Crippen LogP contribution in [0.15, 0.2) is 18.2 Å². The van der Waals surface area contributed by atoms with E-state index in [1.807, 2.05) is 0 Å². The summed E-state index contributed by atoms with van der Waals surface area (Å²) in [5.41, 5.74) is 9.84. The second kappa shape index (κ2) is 5.45. The second-order valence-corrected chi connectivity index (χ2v) is 3.33. The van der Waals surface area contributed by atoms with Crippen molar-refractivity contribution in [2.75, 3.05) is 0 Å². The van der Waals surface area contributed by atoms with Crippen molar-refractivity contribution in [3.8, 4) is 11.8 Å². The fourth-order valence-electron chi connectivity index (χ4n) is 1.16. The minimum atomic E-state index is -0.795. The molecule has 0 unspecified atom stereocenters. The summed E-state index contributed by atoms with van der Waals surface area (Å²) in [5, 5.41) is 10.6. The highest BCUT2D eigenvalue weighted by atomic mass is 16.6. The van der Waals surface area contributed by atoms with Crippen LogP contribution in [0.3, 0.4) is 0 Å². The van der Waals surface area contributed by atoms with Crippen LogP contribution in [0.4, 0.5) is 5.69 Å². The van der Waals surface area contributed by atoms with Crippen molar-refractivity contribution >= 4 is 17.5 Å².